The third-order valence-corrected chi connectivity index (χ3v) is 4.80. The predicted octanol–water partition coefficient (Wildman–Crippen LogP) is 0.788. The second-order valence-electron chi connectivity index (χ2n) is 5.86. The fourth-order valence-electron chi connectivity index (χ4n) is 3.47. The Kier molecular flexibility index (Phi) is 2.44. The number of amides is 1. The normalized spacial score (nSPS) is 47.9. The van der Waals surface area contributed by atoms with Crippen molar-refractivity contribution in [1.29, 1.82) is 0 Å². The summed E-state index contributed by atoms with van der Waals surface area (Å²) in [5.74, 6) is 3.96. The minimum absolute atomic E-state index is 0. The van der Waals surface area contributed by atoms with Crippen LogP contribution in [0.4, 0.5) is 0 Å². The first-order valence-corrected chi connectivity index (χ1v) is 6.35. The Balaban J connectivity index is 0.000000810. The van der Waals surface area contributed by atoms with E-state index in [2.05, 4.69) is 10.6 Å². The SMILES string of the molecule is Cl.O=C(NC1C2CNCC21)C1CC1C1CC1. The van der Waals surface area contributed by atoms with Gasteiger partial charge in [0.2, 0.25) is 5.91 Å². The maximum absolute atomic E-state index is 11.9. The van der Waals surface area contributed by atoms with E-state index in [0.29, 0.717) is 17.9 Å². The van der Waals surface area contributed by atoms with E-state index in [4.69, 9.17) is 0 Å². The van der Waals surface area contributed by atoms with Gasteiger partial charge in [-0.1, -0.05) is 0 Å². The molecule has 0 aromatic heterocycles. The van der Waals surface area contributed by atoms with Gasteiger partial charge in [-0.2, -0.15) is 0 Å². The van der Waals surface area contributed by atoms with E-state index in [1.165, 1.54) is 19.3 Å². The summed E-state index contributed by atoms with van der Waals surface area (Å²) in [6.45, 7) is 2.23. The highest BCUT2D eigenvalue weighted by atomic mass is 35.5. The molecule has 0 radical (unpaired) electrons. The lowest BCUT2D eigenvalue weighted by Gasteiger charge is -2.07. The van der Waals surface area contributed by atoms with Crippen LogP contribution < -0.4 is 10.6 Å². The summed E-state index contributed by atoms with van der Waals surface area (Å²) in [5.41, 5.74) is 0. The lowest BCUT2D eigenvalue weighted by Crippen LogP contribution is -2.33. The molecule has 4 heteroatoms. The monoisotopic (exact) mass is 242 g/mol. The van der Waals surface area contributed by atoms with Gasteiger partial charge in [0, 0.05) is 25.0 Å². The Morgan fingerprint density at radius 2 is 1.81 bits per heavy atom. The second-order valence-corrected chi connectivity index (χ2v) is 5.86. The van der Waals surface area contributed by atoms with Crippen molar-refractivity contribution in [3.05, 3.63) is 0 Å². The molecule has 2 N–H and O–H groups in total. The molecule has 1 aliphatic heterocycles. The first kappa shape index (κ1) is 10.8. The summed E-state index contributed by atoms with van der Waals surface area (Å²) in [5, 5.41) is 6.61. The van der Waals surface area contributed by atoms with Gasteiger partial charge in [-0.15, -0.1) is 12.4 Å². The van der Waals surface area contributed by atoms with Crippen molar-refractivity contribution >= 4 is 18.3 Å². The second kappa shape index (κ2) is 3.61. The maximum Gasteiger partial charge on any atom is 0.223 e. The van der Waals surface area contributed by atoms with Crippen LogP contribution in [0.3, 0.4) is 0 Å². The molecule has 4 atom stereocenters. The van der Waals surface area contributed by atoms with Crippen molar-refractivity contribution in [2.24, 2.45) is 29.6 Å². The number of fused-ring (bicyclic) bond motifs is 1. The topological polar surface area (TPSA) is 41.1 Å². The third-order valence-electron chi connectivity index (χ3n) is 4.80. The van der Waals surface area contributed by atoms with E-state index in [9.17, 15) is 4.79 Å². The smallest absolute Gasteiger partial charge is 0.223 e. The fraction of sp³-hybridized carbons (Fsp3) is 0.917. The summed E-state index contributed by atoms with van der Waals surface area (Å²) >= 11 is 0. The molecule has 3 saturated carbocycles. The van der Waals surface area contributed by atoms with Crippen molar-refractivity contribution in [3.63, 3.8) is 0 Å². The molecule has 4 unspecified atom stereocenters. The molecule has 0 aromatic carbocycles. The minimum atomic E-state index is 0. The van der Waals surface area contributed by atoms with E-state index < -0.39 is 0 Å². The Labute approximate surface area is 102 Å². The van der Waals surface area contributed by atoms with Gasteiger partial charge in [0.15, 0.2) is 0 Å². The van der Waals surface area contributed by atoms with E-state index >= 15 is 0 Å². The molecule has 1 heterocycles. The van der Waals surface area contributed by atoms with Gasteiger partial charge < -0.3 is 10.6 Å². The molecule has 0 aromatic rings. The summed E-state index contributed by atoms with van der Waals surface area (Å²) in [4.78, 5) is 11.9. The summed E-state index contributed by atoms with van der Waals surface area (Å²) < 4.78 is 0. The number of carbonyl (C=O) groups is 1. The average Bonchev–Trinajstić information content (AvgIpc) is 3.07. The Morgan fingerprint density at radius 3 is 2.44 bits per heavy atom. The molecule has 3 nitrogen and oxygen atoms in total. The van der Waals surface area contributed by atoms with E-state index in [-0.39, 0.29) is 12.4 Å². The number of rotatable bonds is 3. The number of piperidine rings is 1. The quantitative estimate of drug-likeness (QED) is 0.768. The molecule has 4 fully saturated rings. The lowest BCUT2D eigenvalue weighted by molar-refractivity contribution is -0.123. The van der Waals surface area contributed by atoms with Gasteiger partial charge in [-0.3, -0.25) is 4.79 Å². The summed E-state index contributed by atoms with van der Waals surface area (Å²) in [7, 11) is 0. The van der Waals surface area contributed by atoms with Gasteiger partial charge in [0.1, 0.15) is 0 Å². The molecule has 1 amide bonds. The molecule has 4 aliphatic rings. The van der Waals surface area contributed by atoms with Crippen LogP contribution in [0.1, 0.15) is 19.3 Å². The van der Waals surface area contributed by atoms with Crippen LogP contribution in [-0.4, -0.2) is 25.0 Å². The van der Waals surface area contributed by atoms with Gasteiger partial charge in [-0.25, -0.2) is 0 Å². The highest BCUT2D eigenvalue weighted by molar-refractivity contribution is 5.85. The highest BCUT2D eigenvalue weighted by Gasteiger charge is 2.56. The van der Waals surface area contributed by atoms with Crippen LogP contribution in [0.5, 0.6) is 0 Å². The Bertz CT molecular complexity index is 308. The molecular weight excluding hydrogens is 224 g/mol. The van der Waals surface area contributed by atoms with Crippen molar-refractivity contribution in [3.8, 4) is 0 Å². The largest absolute Gasteiger partial charge is 0.352 e. The molecule has 16 heavy (non-hydrogen) atoms. The zero-order chi connectivity index (χ0) is 9.99. The fourth-order valence-corrected chi connectivity index (χ4v) is 3.47. The van der Waals surface area contributed by atoms with Crippen LogP contribution >= 0.6 is 12.4 Å². The average molecular weight is 243 g/mol. The predicted molar refractivity (Wildman–Crippen MR) is 63.3 cm³/mol. The van der Waals surface area contributed by atoms with E-state index in [1.807, 2.05) is 0 Å². The summed E-state index contributed by atoms with van der Waals surface area (Å²) in [6.07, 6.45) is 3.94. The van der Waals surface area contributed by atoms with Crippen molar-refractivity contribution < 1.29 is 4.79 Å². The van der Waals surface area contributed by atoms with E-state index in [1.54, 1.807) is 0 Å². The van der Waals surface area contributed by atoms with Crippen LogP contribution in [0.2, 0.25) is 0 Å². The number of nitrogens with one attached hydrogen (secondary N) is 2. The van der Waals surface area contributed by atoms with Gasteiger partial charge >= 0.3 is 0 Å². The van der Waals surface area contributed by atoms with E-state index in [0.717, 1.165) is 36.8 Å². The van der Waals surface area contributed by atoms with Crippen molar-refractivity contribution in [1.82, 2.24) is 10.6 Å². The van der Waals surface area contributed by atoms with Crippen LogP contribution in [0.25, 0.3) is 0 Å². The highest BCUT2D eigenvalue weighted by Crippen LogP contribution is 2.54. The first-order valence-electron chi connectivity index (χ1n) is 6.35. The molecular formula is C12H19ClN2O. The number of hydrogen-bond acceptors (Lipinski definition) is 2. The first-order chi connectivity index (χ1) is 7.34. The van der Waals surface area contributed by atoms with Gasteiger partial charge in [0.05, 0.1) is 0 Å². The molecule has 3 aliphatic carbocycles. The number of carbonyl (C=O) groups excluding carboxylic acids is 1. The zero-order valence-electron chi connectivity index (χ0n) is 9.32. The Hall–Kier alpha value is -0.280. The summed E-state index contributed by atoms with van der Waals surface area (Å²) in [6, 6.07) is 0.527. The number of halogens is 1. The van der Waals surface area contributed by atoms with Crippen LogP contribution in [0.15, 0.2) is 0 Å². The van der Waals surface area contributed by atoms with Gasteiger partial charge in [0.25, 0.3) is 0 Å². The molecule has 1 saturated heterocycles. The standard InChI is InChI=1S/C12H18N2O.ClH/c15-12(8-3-7(8)6-1-2-6)14-11-9-4-13-5-10(9)11;/h6-11,13H,1-5H2,(H,14,15);1H. The zero-order valence-corrected chi connectivity index (χ0v) is 10.1. The van der Waals surface area contributed by atoms with Gasteiger partial charge in [-0.05, 0) is 42.9 Å². The molecule has 90 valence electrons. The van der Waals surface area contributed by atoms with Crippen LogP contribution in [-0.2, 0) is 4.79 Å². The van der Waals surface area contributed by atoms with Crippen molar-refractivity contribution in [2.45, 2.75) is 25.3 Å². The molecule has 0 spiro atoms. The Morgan fingerprint density at radius 1 is 1.12 bits per heavy atom. The maximum atomic E-state index is 11.9. The number of hydrogen-bond donors (Lipinski definition) is 2. The molecule has 0 bridgehead atoms. The third kappa shape index (κ3) is 1.65. The lowest BCUT2D eigenvalue weighted by atomic mass is 10.2. The minimum Gasteiger partial charge on any atom is -0.352 e. The van der Waals surface area contributed by atoms with Crippen LogP contribution in [0, 0.1) is 29.6 Å². The molecule has 4 rings (SSSR count). The van der Waals surface area contributed by atoms with Crippen molar-refractivity contribution in [2.75, 3.05) is 13.1 Å².